The maximum atomic E-state index is 6.43. The summed E-state index contributed by atoms with van der Waals surface area (Å²) in [5.41, 5.74) is 9.01. The molecule has 144 valence electrons. The van der Waals surface area contributed by atoms with Gasteiger partial charge in [-0.1, -0.05) is 36.4 Å². The zero-order chi connectivity index (χ0) is 19.3. The number of aromatic amines is 1. The molecule has 1 saturated heterocycles. The van der Waals surface area contributed by atoms with Crippen molar-refractivity contribution in [2.45, 2.75) is 6.92 Å². The lowest BCUT2D eigenvalue weighted by molar-refractivity contribution is 0.585. The number of benzene rings is 1. The Labute approximate surface area is 163 Å². The molecule has 8 nitrogen and oxygen atoms in total. The topological polar surface area (TPSA) is 108 Å². The van der Waals surface area contributed by atoms with Gasteiger partial charge < -0.3 is 21.3 Å². The van der Waals surface area contributed by atoms with E-state index in [-0.39, 0.29) is 0 Å². The summed E-state index contributed by atoms with van der Waals surface area (Å²) in [5, 5.41) is 13.7. The first-order chi connectivity index (χ1) is 13.7. The molecule has 3 aromatic rings. The van der Waals surface area contributed by atoms with Crippen molar-refractivity contribution in [3.05, 3.63) is 53.5 Å². The van der Waals surface area contributed by atoms with Crippen LogP contribution in [-0.2, 0) is 0 Å². The van der Waals surface area contributed by atoms with Crippen molar-refractivity contribution in [1.29, 1.82) is 0 Å². The predicted octanol–water partition coefficient (Wildman–Crippen LogP) is 2.41. The molecule has 0 spiro atoms. The second kappa shape index (κ2) is 8.10. The molecule has 0 amide bonds. The molecule has 28 heavy (non-hydrogen) atoms. The zero-order valence-corrected chi connectivity index (χ0v) is 15.8. The molecule has 4 rings (SSSR count). The molecule has 1 aromatic carbocycles. The average Bonchev–Trinajstić information content (AvgIpc) is 3.14. The number of aryl methyl sites for hydroxylation is 1. The van der Waals surface area contributed by atoms with Gasteiger partial charge in [0.25, 0.3) is 0 Å². The molecular weight excluding hydrogens is 352 g/mol. The Morgan fingerprint density at radius 3 is 2.61 bits per heavy atom. The van der Waals surface area contributed by atoms with Gasteiger partial charge >= 0.3 is 0 Å². The molecule has 0 aliphatic carbocycles. The summed E-state index contributed by atoms with van der Waals surface area (Å²) in [6, 6.07) is 12.0. The standard InChI is InChI=1S/C20H24N8/c1-14-13-17(27-26-14)24-19-18(21)20(28-11-9-22-10-12-28)25-16(23-19)8-7-15-5-3-2-4-6-15/h2-8,13,22H,9-12,21H2,1H3,(H2,23,24,25,26,27). The second-order valence-corrected chi connectivity index (χ2v) is 6.71. The highest BCUT2D eigenvalue weighted by molar-refractivity contribution is 5.80. The summed E-state index contributed by atoms with van der Waals surface area (Å²) in [6.07, 6.45) is 3.90. The molecule has 2 aromatic heterocycles. The van der Waals surface area contributed by atoms with Gasteiger partial charge in [0.15, 0.2) is 23.3 Å². The number of H-pyrrole nitrogens is 1. The zero-order valence-electron chi connectivity index (χ0n) is 15.8. The number of piperazine rings is 1. The van der Waals surface area contributed by atoms with Crippen LogP contribution in [0.5, 0.6) is 0 Å². The van der Waals surface area contributed by atoms with Gasteiger partial charge in [-0.2, -0.15) is 5.10 Å². The quantitative estimate of drug-likeness (QED) is 0.541. The lowest BCUT2D eigenvalue weighted by Crippen LogP contribution is -2.44. The molecule has 1 fully saturated rings. The Morgan fingerprint density at radius 2 is 1.89 bits per heavy atom. The van der Waals surface area contributed by atoms with Crippen LogP contribution in [0.15, 0.2) is 36.4 Å². The number of nitrogens with one attached hydrogen (secondary N) is 3. The lowest BCUT2D eigenvalue weighted by Gasteiger charge is -2.29. The van der Waals surface area contributed by atoms with E-state index in [0.717, 1.165) is 43.3 Å². The maximum absolute atomic E-state index is 6.43. The third-order valence-electron chi connectivity index (χ3n) is 4.54. The smallest absolute Gasteiger partial charge is 0.161 e. The highest BCUT2D eigenvalue weighted by Crippen LogP contribution is 2.30. The minimum absolute atomic E-state index is 0.527. The Morgan fingerprint density at radius 1 is 1.11 bits per heavy atom. The first-order valence-electron chi connectivity index (χ1n) is 9.34. The first kappa shape index (κ1) is 18.0. The highest BCUT2D eigenvalue weighted by Gasteiger charge is 2.19. The van der Waals surface area contributed by atoms with E-state index in [9.17, 15) is 0 Å². The Hall–Kier alpha value is -3.39. The first-order valence-corrected chi connectivity index (χ1v) is 9.34. The van der Waals surface area contributed by atoms with Crippen molar-refractivity contribution in [1.82, 2.24) is 25.5 Å². The molecule has 3 heterocycles. The van der Waals surface area contributed by atoms with E-state index in [2.05, 4.69) is 30.7 Å². The Bertz CT molecular complexity index is 958. The van der Waals surface area contributed by atoms with Crippen LogP contribution in [0.4, 0.5) is 23.1 Å². The van der Waals surface area contributed by atoms with Crippen LogP contribution >= 0.6 is 0 Å². The monoisotopic (exact) mass is 376 g/mol. The van der Waals surface area contributed by atoms with Crippen LogP contribution in [0.2, 0.25) is 0 Å². The molecule has 0 bridgehead atoms. The minimum Gasteiger partial charge on any atom is -0.393 e. The summed E-state index contributed by atoms with van der Waals surface area (Å²) in [7, 11) is 0. The average molecular weight is 376 g/mol. The van der Waals surface area contributed by atoms with Gasteiger partial charge in [0.05, 0.1) is 0 Å². The van der Waals surface area contributed by atoms with Crippen molar-refractivity contribution in [3.8, 4) is 0 Å². The molecule has 1 aliphatic heterocycles. The van der Waals surface area contributed by atoms with Crippen molar-refractivity contribution >= 4 is 35.3 Å². The highest BCUT2D eigenvalue weighted by atomic mass is 15.3. The van der Waals surface area contributed by atoms with Crippen LogP contribution in [-0.4, -0.2) is 46.3 Å². The van der Waals surface area contributed by atoms with Gasteiger partial charge in [0.2, 0.25) is 0 Å². The molecule has 0 saturated carbocycles. The number of anilines is 4. The molecule has 8 heteroatoms. The van der Waals surface area contributed by atoms with Gasteiger partial charge in [-0.25, -0.2) is 9.97 Å². The fraction of sp³-hybridized carbons (Fsp3) is 0.250. The molecule has 0 radical (unpaired) electrons. The van der Waals surface area contributed by atoms with Crippen molar-refractivity contribution in [2.75, 3.05) is 42.1 Å². The lowest BCUT2D eigenvalue weighted by atomic mass is 10.2. The van der Waals surface area contributed by atoms with E-state index in [1.807, 2.05) is 55.5 Å². The fourth-order valence-electron chi connectivity index (χ4n) is 3.10. The normalized spacial score (nSPS) is 14.5. The van der Waals surface area contributed by atoms with Gasteiger partial charge in [-0.05, 0) is 18.6 Å². The Balaban J connectivity index is 1.70. The summed E-state index contributed by atoms with van der Waals surface area (Å²) in [6.45, 7) is 5.45. The van der Waals surface area contributed by atoms with E-state index >= 15 is 0 Å². The van der Waals surface area contributed by atoms with E-state index in [0.29, 0.717) is 23.1 Å². The molecule has 0 atom stereocenters. The van der Waals surface area contributed by atoms with E-state index in [1.54, 1.807) is 0 Å². The fourth-order valence-corrected chi connectivity index (χ4v) is 3.10. The van der Waals surface area contributed by atoms with E-state index in [1.165, 1.54) is 0 Å². The predicted molar refractivity (Wildman–Crippen MR) is 114 cm³/mol. The summed E-state index contributed by atoms with van der Waals surface area (Å²) >= 11 is 0. The number of aromatic nitrogens is 4. The van der Waals surface area contributed by atoms with Crippen LogP contribution in [0.1, 0.15) is 17.1 Å². The number of nitrogen functional groups attached to an aromatic ring is 1. The van der Waals surface area contributed by atoms with E-state index < -0.39 is 0 Å². The number of nitrogens with two attached hydrogens (primary N) is 1. The van der Waals surface area contributed by atoms with Crippen LogP contribution in [0.3, 0.4) is 0 Å². The van der Waals surface area contributed by atoms with Crippen molar-refractivity contribution < 1.29 is 0 Å². The van der Waals surface area contributed by atoms with Gasteiger partial charge in [0, 0.05) is 37.9 Å². The third-order valence-corrected chi connectivity index (χ3v) is 4.54. The SMILES string of the molecule is Cc1cc(Nc2nc(C=Cc3ccccc3)nc(N3CCNCC3)c2N)n[nH]1. The van der Waals surface area contributed by atoms with Crippen LogP contribution in [0.25, 0.3) is 12.2 Å². The van der Waals surface area contributed by atoms with Crippen LogP contribution < -0.4 is 21.3 Å². The minimum atomic E-state index is 0.527. The third kappa shape index (κ3) is 4.12. The van der Waals surface area contributed by atoms with Crippen LogP contribution in [0, 0.1) is 6.92 Å². The van der Waals surface area contributed by atoms with Gasteiger partial charge in [-0.15, -0.1) is 0 Å². The summed E-state index contributed by atoms with van der Waals surface area (Å²) < 4.78 is 0. The number of rotatable bonds is 5. The van der Waals surface area contributed by atoms with Gasteiger partial charge in [-0.3, -0.25) is 5.10 Å². The maximum Gasteiger partial charge on any atom is 0.161 e. The molecular formula is C20H24N8. The summed E-state index contributed by atoms with van der Waals surface area (Å²) in [5.74, 6) is 2.58. The van der Waals surface area contributed by atoms with Gasteiger partial charge in [0.1, 0.15) is 5.69 Å². The second-order valence-electron chi connectivity index (χ2n) is 6.71. The molecule has 0 unspecified atom stereocenters. The van der Waals surface area contributed by atoms with Crippen molar-refractivity contribution in [3.63, 3.8) is 0 Å². The largest absolute Gasteiger partial charge is 0.393 e. The number of nitrogens with zero attached hydrogens (tertiary/aromatic N) is 4. The number of hydrogen-bond donors (Lipinski definition) is 4. The van der Waals surface area contributed by atoms with Crippen molar-refractivity contribution in [2.24, 2.45) is 0 Å². The molecule has 5 N–H and O–H groups in total. The van der Waals surface area contributed by atoms with E-state index in [4.69, 9.17) is 10.7 Å². The summed E-state index contributed by atoms with van der Waals surface area (Å²) in [4.78, 5) is 11.5. The number of hydrogen-bond acceptors (Lipinski definition) is 7. The Kier molecular flexibility index (Phi) is 5.20. The molecule has 1 aliphatic rings.